The molecule has 1 aliphatic heterocycles. The van der Waals surface area contributed by atoms with Crippen molar-refractivity contribution in [1.29, 1.82) is 0 Å². The van der Waals surface area contributed by atoms with Gasteiger partial charge in [-0.25, -0.2) is 14.4 Å². The van der Waals surface area contributed by atoms with Crippen LogP contribution in [0.4, 0.5) is 4.79 Å². The fourth-order valence-electron chi connectivity index (χ4n) is 9.78. The van der Waals surface area contributed by atoms with E-state index in [1.54, 1.807) is 62.4 Å². The van der Waals surface area contributed by atoms with Crippen LogP contribution in [0.1, 0.15) is 96.1 Å². The van der Waals surface area contributed by atoms with E-state index in [1.807, 2.05) is 6.92 Å². The summed E-state index contributed by atoms with van der Waals surface area (Å²) in [4.78, 5) is 83.1. The number of unbranched alkanes of at least 4 members (excludes halogenated alkanes) is 1. The molecule has 0 unspecified atom stereocenters. The number of ether oxygens (including phenoxy) is 7. The first-order valence-electron chi connectivity index (χ1n) is 20.5. The number of Topliss-reactive ketones (excluding diaryl/α,β-unsaturated/α-hetero) is 1. The zero-order valence-corrected chi connectivity index (χ0v) is 36.6. The molecule has 16 nitrogen and oxygen atoms in total. The van der Waals surface area contributed by atoms with Gasteiger partial charge in [-0.1, -0.05) is 75.7 Å². The number of carbonyl (C=O) groups is 6. The molecule has 0 spiro atoms. The molecule has 11 atom stereocenters. The maximum atomic E-state index is 15.5. The van der Waals surface area contributed by atoms with Gasteiger partial charge < -0.3 is 49.1 Å². The SMILES string of the molecule is CCCCOC(=O)O[C@@H](C(=O)O[C@H]1C[C@@]2(O)[C@@H](OC(=O)c3ccccc3)[C@@H]3[C@]4(OC(C)=O)CO[C@@H]4C[C@H](O)[C@@]3(C)C(=O)[C@H](OC(C)=O)C(=C1C)C2(C)C)[C@@H](N)c1ccccc1.Cl. The molecule has 4 aliphatic rings. The van der Waals surface area contributed by atoms with E-state index < -0.39 is 113 Å². The van der Waals surface area contributed by atoms with Crippen LogP contribution >= 0.6 is 12.4 Å². The van der Waals surface area contributed by atoms with Gasteiger partial charge in [0.2, 0.25) is 6.10 Å². The maximum Gasteiger partial charge on any atom is 0.509 e. The van der Waals surface area contributed by atoms with Crippen LogP contribution in [-0.4, -0.2) is 107 Å². The highest BCUT2D eigenvalue weighted by Gasteiger charge is 2.78. The lowest BCUT2D eigenvalue weighted by atomic mass is 9.44. The smallest absolute Gasteiger partial charge is 0.455 e. The Morgan fingerprint density at radius 2 is 1.56 bits per heavy atom. The summed E-state index contributed by atoms with van der Waals surface area (Å²) in [5, 5.41) is 25.7. The molecular weight excluding hydrogens is 830 g/mol. The van der Waals surface area contributed by atoms with Crippen LogP contribution < -0.4 is 5.73 Å². The molecule has 4 N–H and O–H groups in total. The minimum Gasteiger partial charge on any atom is -0.455 e. The largest absolute Gasteiger partial charge is 0.509 e. The van der Waals surface area contributed by atoms with Crippen molar-refractivity contribution in [1.82, 2.24) is 0 Å². The number of rotatable bonds is 12. The van der Waals surface area contributed by atoms with Crippen molar-refractivity contribution in [3.05, 3.63) is 82.9 Å². The molecule has 338 valence electrons. The Morgan fingerprint density at radius 3 is 2.13 bits per heavy atom. The van der Waals surface area contributed by atoms with E-state index in [1.165, 1.54) is 26.0 Å². The molecule has 0 amide bonds. The number of carbonyl (C=O) groups excluding carboxylic acids is 6. The number of benzene rings is 2. The average molecular weight is 886 g/mol. The topological polar surface area (TPSA) is 234 Å². The van der Waals surface area contributed by atoms with Gasteiger partial charge in [-0.2, -0.15) is 0 Å². The third-order valence-electron chi connectivity index (χ3n) is 13.1. The monoisotopic (exact) mass is 885 g/mol. The zero-order valence-electron chi connectivity index (χ0n) is 35.8. The average Bonchev–Trinajstić information content (AvgIpc) is 3.21. The fourth-order valence-corrected chi connectivity index (χ4v) is 9.78. The van der Waals surface area contributed by atoms with Crippen molar-refractivity contribution in [2.75, 3.05) is 13.2 Å². The van der Waals surface area contributed by atoms with Crippen LogP contribution in [0.2, 0.25) is 0 Å². The molecule has 0 aromatic heterocycles. The number of ketones is 1. The van der Waals surface area contributed by atoms with Gasteiger partial charge in [0.05, 0.1) is 42.3 Å². The molecule has 3 fully saturated rings. The molecule has 2 aromatic carbocycles. The summed E-state index contributed by atoms with van der Waals surface area (Å²) >= 11 is 0. The van der Waals surface area contributed by atoms with E-state index in [9.17, 15) is 34.2 Å². The molecule has 0 radical (unpaired) electrons. The number of fused-ring (bicyclic) bond motifs is 5. The Bertz CT molecular complexity index is 2060. The van der Waals surface area contributed by atoms with Crippen molar-refractivity contribution in [2.45, 2.75) is 128 Å². The summed E-state index contributed by atoms with van der Waals surface area (Å²) in [6.07, 6.45) is -10.2. The van der Waals surface area contributed by atoms with E-state index in [-0.39, 0.29) is 48.8 Å². The summed E-state index contributed by atoms with van der Waals surface area (Å²) in [5.74, 6) is -6.15. The highest BCUT2D eigenvalue weighted by Crippen LogP contribution is 2.64. The molecule has 2 bridgehead atoms. The number of hydrogen-bond donors (Lipinski definition) is 3. The Labute approximate surface area is 366 Å². The zero-order chi connectivity index (χ0) is 44.7. The number of hydrogen-bond acceptors (Lipinski definition) is 16. The lowest BCUT2D eigenvalue weighted by molar-refractivity contribution is -0.346. The van der Waals surface area contributed by atoms with Gasteiger partial charge in [0, 0.05) is 32.1 Å². The Kier molecular flexibility index (Phi) is 14.3. The normalized spacial score (nSPS) is 31.7. The molecule has 17 heteroatoms. The summed E-state index contributed by atoms with van der Waals surface area (Å²) in [6.45, 7) is 9.91. The van der Waals surface area contributed by atoms with Gasteiger partial charge in [-0.05, 0) is 49.1 Å². The van der Waals surface area contributed by atoms with Crippen LogP contribution in [0.5, 0.6) is 0 Å². The van der Waals surface area contributed by atoms with Crippen LogP contribution in [-0.2, 0) is 52.3 Å². The molecule has 2 saturated carbocycles. The molecule has 1 saturated heterocycles. The lowest BCUT2D eigenvalue weighted by Crippen LogP contribution is -2.82. The predicted octanol–water partition coefficient (Wildman–Crippen LogP) is 4.65. The van der Waals surface area contributed by atoms with Crippen LogP contribution in [0.15, 0.2) is 71.8 Å². The Balaban J connectivity index is 0.00000726. The molecule has 6 rings (SSSR count). The highest BCUT2D eigenvalue weighted by molar-refractivity contribution is 5.95. The summed E-state index contributed by atoms with van der Waals surface area (Å²) in [6, 6.07) is 14.9. The first-order valence-corrected chi connectivity index (χ1v) is 20.5. The second-order valence-corrected chi connectivity index (χ2v) is 17.1. The first-order chi connectivity index (χ1) is 28.7. The van der Waals surface area contributed by atoms with Gasteiger partial charge in [0.25, 0.3) is 0 Å². The quantitative estimate of drug-likeness (QED) is 0.114. The maximum absolute atomic E-state index is 15.5. The van der Waals surface area contributed by atoms with Crippen LogP contribution in [0.3, 0.4) is 0 Å². The second-order valence-electron chi connectivity index (χ2n) is 17.1. The van der Waals surface area contributed by atoms with Gasteiger partial charge in [-0.15, -0.1) is 12.4 Å². The van der Waals surface area contributed by atoms with Crippen molar-refractivity contribution in [3.8, 4) is 0 Å². The Morgan fingerprint density at radius 1 is 0.935 bits per heavy atom. The first kappa shape index (κ1) is 48.2. The number of aliphatic hydroxyl groups is 2. The number of esters is 4. The number of halogens is 1. The van der Waals surface area contributed by atoms with E-state index in [2.05, 4.69) is 0 Å². The van der Waals surface area contributed by atoms with Crippen molar-refractivity contribution < 1.29 is 72.1 Å². The summed E-state index contributed by atoms with van der Waals surface area (Å²) in [5.41, 5.74) is -0.620. The van der Waals surface area contributed by atoms with E-state index in [0.29, 0.717) is 18.4 Å². The summed E-state index contributed by atoms with van der Waals surface area (Å²) < 4.78 is 41.1. The fraction of sp³-hybridized carbons (Fsp3) is 0.556. The van der Waals surface area contributed by atoms with Gasteiger partial charge in [0.15, 0.2) is 17.5 Å². The molecule has 62 heavy (non-hydrogen) atoms. The van der Waals surface area contributed by atoms with Gasteiger partial charge >= 0.3 is 30.0 Å². The standard InChI is InChI=1S/C45H55NO15.ClH/c1-8-9-20-55-41(53)59-35(33(46)27-16-12-10-13-17-27)40(52)58-29-22-45(54)38(60-39(51)28-18-14-11-15-19-28)36-43(7,30(49)21-31-44(36,23-56-31)61-26(4)48)37(50)34(57-25(3)47)32(24(29)2)42(45,5)6;/h10-19,29-31,33-36,38,49,54H,8-9,20-23,46H2,1-7H3;1H/t29-,30-,31+,33-,34+,35+,36-,38-,43+,44-,45+;/m0./s1. The van der Waals surface area contributed by atoms with E-state index in [4.69, 9.17) is 38.9 Å². The molecule has 2 aromatic rings. The van der Waals surface area contributed by atoms with Crippen LogP contribution in [0.25, 0.3) is 0 Å². The minimum absolute atomic E-state index is 0. The third kappa shape index (κ3) is 8.34. The third-order valence-corrected chi connectivity index (χ3v) is 13.1. The second kappa shape index (κ2) is 18.5. The Hall–Kier alpha value is -4.87. The number of nitrogens with two attached hydrogens (primary N) is 1. The minimum atomic E-state index is -2.39. The van der Waals surface area contributed by atoms with Gasteiger partial charge in [-0.3, -0.25) is 14.4 Å². The van der Waals surface area contributed by atoms with E-state index >= 15 is 4.79 Å². The van der Waals surface area contributed by atoms with Crippen LogP contribution in [0, 0.1) is 16.7 Å². The highest BCUT2D eigenvalue weighted by atomic mass is 35.5. The molecular formula is C45H56ClNO15. The van der Waals surface area contributed by atoms with Gasteiger partial charge in [0.1, 0.15) is 23.9 Å². The molecule has 3 aliphatic carbocycles. The predicted molar refractivity (Wildman–Crippen MR) is 220 cm³/mol. The lowest BCUT2D eigenvalue weighted by Gasteiger charge is -2.67. The summed E-state index contributed by atoms with van der Waals surface area (Å²) in [7, 11) is 0. The molecule has 1 heterocycles. The van der Waals surface area contributed by atoms with E-state index in [0.717, 1.165) is 13.8 Å². The van der Waals surface area contributed by atoms with Crippen molar-refractivity contribution in [2.24, 2.45) is 22.5 Å². The number of aliphatic hydroxyl groups excluding tert-OH is 1. The van der Waals surface area contributed by atoms with Crippen molar-refractivity contribution in [3.63, 3.8) is 0 Å². The van der Waals surface area contributed by atoms with Crippen molar-refractivity contribution >= 4 is 48.2 Å².